The highest BCUT2D eigenvalue weighted by Gasteiger charge is 2.17. The molecule has 0 spiro atoms. The van der Waals surface area contributed by atoms with Gasteiger partial charge in [-0.15, -0.1) is 11.3 Å². The van der Waals surface area contributed by atoms with Crippen LogP contribution in [0.15, 0.2) is 19.7 Å². The molecule has 2 aromatic heterocycles. The van der Waals surface area contributed by atoms with Gasteiger partial charge in [-0.2, -0.15) is 5.10 Å². The Hall–Kier alpha value is -0.170. The number of rotatable bonds is 4. The van der Waals surface area contributed by atoms with Crippen LogP contribution in [-0.2, 0) is 13.5 Å². The van der Waals surface area contributed by atoms with Crippen molar-refractivity contribution in [1.29, 1.82) is 0 Å². The number of nitrogens with zero attached hydrogens (tertiary/aromatic N) is 2. The Morgan fingerprint density at radius 1 is 1.50 bits per heavy atom. The van der Waals surface area contributed by atoms with E-state index in [-0.39, 0.29) is 0 Å². The Morgan fingerprint density at radius 3 is 2.67 bits per heavy atom. The molecule has 0 amide bonds. The van der Waals surface area contributed by atoms with Crippen molar-refractivity contribution in [2.24, 2.45) is 7.05 Å². The highest BCUT2D eigenvalue weighted by atomic mass is 79.9. The highest BCUT2D eigenvalue weighted by molar-refractivity contribution is 9.11. The fourth-order valence-electron chi connectivity index (χ4n) is 1.99. The molecule has 2 aromatic rings. The van der Waals surface area contributed by atoms with Gasteiger partial charge in [-0.05, 0) is 62.8 Å². The molecule has 0 fully saturated rings. The monoisotopic (exact) mass is 391 g/mol. The summed E-state index contributed by atoms with van der Waals surface area (Å²) in [6, 6.07) is 2.47. The van der Waals surface area contributed by atoms with Gasteiger partial charge in [0, 0.05) is 19.5 Å². The third kappa shape index (κ3) is 2.87. The van der Waals surface area contributed by atoms with Crippen molar-refractivity contribution in [3.63, 3.8) is 0 Å². The normalized spacial score (nSPS) is 12.9. The van der Waals surface area contributed by atoms with Crippen molar-refractivity contribution >= 4 is 43.2 Å². The predicted molar refractivity (Wildman–Crippen MR) is 83.2 cm³/mol. The number of thiophene rings is 1. The summed E-state index contributed by atoms with van der Waals surface area (Å²) in [4.78, 5) is 0. The average Bonchev–Trinajstić information content (AvgIpc) is 2.84. The second-order valence-electron chi connectivity index (χ2n) is 4.20. The van der Waals surface area contributed by atoms with Gasteiger partial charge in [0.1, 0.15) is 0 Å². The van der Waals surface area contributed by atoms with Gasteiger partial charge >= 0.3 is 0 Å². The number of aromatic nitrogens is 2. The van der Waals surface area contributed by atoms with Gasteiger partial charge in [0.05, 0.1) is 19.6 Å². The Kier molecular flexibility index (Phi) is 4.64. The molecule has 98 valence electrons. The summed E-state index contributed by atoms with van der Waals surface area (Å²) in [7, 11) is 3.98. The van der Waals surface area contributed by atoms with E-state index in [2.05, 4.69) is 53.7 Å². The largest absolute Gasteiger partial charge is 0.313 e. The number of halogens is 2. The fourth-order valence-corrected chi connectivity index (χ4v) is 3.72. The predicted octanol–water partition coefficient (Wildman–Crippen LogP) is 3.82. The van der Waals surface area contributed by atoms with Crippen molar-refractivity contribution in [2.45, 2.75) is 19.4 Å². The zero-order valence-electron chi connectivity index (χ0n) is 10.5. The second-order valence-corrected chi connectivity index (χ2v) is 7.28. The van der Waals surface area contributed by atoms with Crippen LogP contribution in [0, 0.1) is 6.92 Å². The minimum atomic E-state index is 0.304. The molecular weight excluding hydrogens is 378 g/mol. The third-order valence-electron chi connectivity index (χ3n) is 3.00. The molecule has 1 unspecified atom stereocenters. The lowest BCUT2D eigenvalue weighted by molar-refractivity contribution is 0.561. The lowest BCUT2D eigenvalue weighted by Gasteiger charge is -2.15. The summed E-state index contributed by atoms with van der Waals surface area (Å²) in [6.45, 7) is 2.02. The van der Waals surface area contributed by atoms with Crippen LogP contribution in [0.25, 0.3) is 0 Å². The van der Waals surface area contributed by atoms with Gasteiger partial charge in [-0.1, -0.05) is 0 Å². The van der Waals surface area contributed by atoms with Crippen LogP contribution in [0.4, 0.5) is 0 Å². The van der Waals surface area contributed by atoms with E-state index in [0.717, 1.165) is 20.4 Å². The minimum absolute atomic E-state index is 0.304. The van der Waals surface area contributed by atoms with Crippen molar-refractivity contribution in [2.75, 3.05) is 7.05 Å². The Balaban J connectivity index is 2.25. The minimum Gasteiger partial charge on any atom is -0.313 e. The molecule has 2 heterocycles. The molecule has 1 N–H and O–H groups in total. The number of likely N-dealkylation sites (N-methyl/N-ethyl adjacent to an activating group) is 1. The number of nitrogens with one attached hydrogen (secondary N) is 1. The van der Waals surface area contributed by atoms with Gasteiger partial charge in [0.2, 0.25) is 0 Å². The van der Waals surface area contributed by atoms with E-state index in [1.165, 1.54) is 11.3 Å². The van der Waals surface area contributed by atoms with Gasteiger partial charge in [0.15, 0.2) is 0 Å². The molecular formula is C12H15Br2N3S. The zero-order chi connectivity index (χ0) is 13.3. The fraction of sp³-hybridized carbons (Fsp3) is 0.417. The van der Waals surface area contributed by atoms with E-state index in [9.17, 15) is 0 Å². The van der Waals surface area contributed by atoms with Gasteiger partial charge in [-0.3, -0.25) is 4.68 Å². The van der Waals surface area contributed by atoms with Crippen LogP contribution in [0.3, 0.4) is 0 Å². The van der Waals surface area contributed by atoms with Crippen molar-refractivity contribution < 1.29 is 0 Å². The lowest BCUT2D eigenvalue weighted by Crippen LogP contribution is -2.19. The molecule has 18 heavy (non-hydrogen) atoms. The first-order chi connectivity index (χ1) is 8.52. The SMILES string of the molecule is CNC(Cc1c(Br)c(C)nn1C)c1csc(Br)c1. The zero-order valence-corrected chi connectivity index (χ0v) is 14.5. The summed E-state index contributed by atoms with van der Waals surface area (Å²) in [5.41, 5.74) is 3.56. The first-order valence-corrected chi connectivity index (χ1v) is 8.08. The number of hydrogen-bond donors (Lipinski definition) is 1. The summed E-state index contributed by atoms with van der Waals surface area (Å²) in [5, 5.41) is 9.98. The van der Waals surface area contributed by atoms with Crippen LogP contribution >= 0.6 is 43.2 Å². The molecule has 0 bridgehead atoms. The van der Waals surface area contributed by atoms with E-state index in [1.807, 2.05) is 25.7 Å². The Morgan fingerprint density at radius 2 is 2.22 bits per heavy atom. The first kappa shape index (κ1) is 14.2. The third-order valence-corrected chi connectivity index (χ3v) is 5.55. The Bertz CT molecular complexity index is 548. The maximum atomic E-state index is 4.43. The van der Waals surface area contributed by atoms with E-state index >= 15 is 0 Å². The molecule has 0 aliphatic carbocycles. The Labute approximate surface area is 128 Å². The van der Waals surface area contributed by atoms with E-state index in [1.54, 1.807) is 11.3 Å². The maximum absolute atomic E-state index is 4.43. The van der Waals surface area contributed by atoms with E-state index in [4.69, 9.17) is 0 Å². The molecule has 0 saturated heterocycles. The van der Waals surface area contributed by atoms with Crippen molar-refractivity contribution in [3.8, 4) is 0 Å². The standard InChI is InChI=1S/C12H15Br2N3S/c1-7-12(14)10(17(3)16-7)5-9(15-2)8-4-11(13)18-6-8/h4,6,9,15H,5H2,1-3H3. The molecule has 0 radical (unpaired) electrons. The molecule has 0 aliphatic rings. The van der Waals surface area contributed by atoms with Gasteiger partial charge in [-0.25, -0.2) is 0 Å². The maximum Gasteiger partial charge on any atom is 0.0738 e. The quantitative estimate of drug-likeness (QED) is 0.856. The molecule has 0 aliphatic heterocycles. The molecule has 1 atom stereocenters. The van der Waals surface area contributed by atoms with E-state index < -0.39 is 0 Å². The van der Waals surface area contributed by atoms with Gasteiger partial charge in [0.25, 0.3) is 0 Å². The summed E-state index contributed by atoms with van der Waals surface area (Å²) >= 11 is 8.85. The number of aryl methyl sites for hydroxylation is 2. The van der Waals surface area contributed by atoms with Crippen molar-refractivity contribution in [3.05, 3.63) is 36.7 Å². The molecule has 6 heteroatoms. The smallest absolute Gasteiger partial charge is 0.0738 e. The molecule has 0 saturated carbocycles. The summed E-state index contributed by atoms with van der Waals surface area (Å²) in [5.74, 6) is 0. The molecule has 2 rings (SSSR count). The van der Waals surface area contributed by atoms with Crippen LogP contribution < -0.4 is 5.32 Å². The number of hydrogen-bond acceptors (Lipinski definition) is 3. The van der Waals surface area contributed by atoms with Crippen LogP contribution in [-0.4, -0.2) is 16.8 Å². The summed E-state index contributed by atoms with van der Waals surface area (Å²) in [6.07, 6.45) is 0.914. The summed E-state index contributed by atoms with van der Waals surface area (Å²) < 4.78 is 4.23. The van der Waals surface area contributed by atoms with Crippen LogP contribution in [0.1, 0.15) is 23.0 Å². The van der Waals surface area contributed by atoms with Gasteiger partial charge < -0.3 is 5.32 Å². The van der Waals surface area contributed by atoms with E-state index in [0.29, 0.717) is 6.04 Å². The van der Waals surface area contributed by atoms with Crippen LogP contribution in [0.5, 0.6) is 0 Å². The second kappa shape index (κ2) is 5.86. The van der Waals surface area contributed by atoms with Crippen LogP contribution in [0.2, 0.25) is 0 Å². The first-order valence-electron chi connectivity index (χ1n) is 5.62. The average molecular weight is 393 g/mol. The molecule has 3 nitrogen and oxygen atoms in total. The lowest BCUT2D eigenvalue weighted by atomic mass is 10.1. The topological polar surface area (TPSA) is 29.9 Å². The molecule has 0 aromatic carbocycles. The highest BCUT2D eigenvalue weighted by Crippen LogP contribution is 2.29. The van der Waals surface area contributed by atoms with Crippen molar-refractivity contribution in [1.82, 2.24) is 15.1 Å².